The molecule has 1 saturated heterocycles. The van der Waals surface area contributed by atoms with Crippen LogP contribution >= 0.6 is 11.8 Å². The topological polar surface area (TPSA) is 87.2 Å². The molecule has 0 aromatic rings. The lowest BCUT2D eigenvalue weighted by Crippen LogP contribution is -2.51. The number of hydrogen-bond acceptors (Lipinski definition) is 5. The van der Waals surface area contributed by atoms with Gasteiger partial charge in [-0.2, -0.15) is 11.8 Å². The van der Waals surface area contributed by atoms with Gasteiger partial charge >= 0.3 is 18.0 Å². The average molecular weight is 304 g/mol. The number of carbonyl (C=O) groups excluding carboxylic acids is 2. The van der Waals surface area contributed by atoms with Crippen molar-refractivity contribution >= 4 is 29.7 Å². The van der Waals surface area contributed by atoms with Crippen LogP contribution in [0.3, 0.4) is 0 Å². The summed E-state index contributed by atoms with van der Waals surface area (Å²) in [7, 11) is 2.90. The van der Waals surface area contributed by atoms with Gasteiger partial charge in [0.2, 0.25) is 0 Å². The van der Waals surface area contributed by atoms with Crippen molar-refractivity contribution < 1.29 is 24.2 Å². The van der Waals surface area contributed by atoms with Gasteiger partial charge < -0.3 is 19.6 Å². The number of amides is 2. The van der Waals surface area contributed by atoms with Gasteiger partial charge in [-0.3, -0.25) is 9.59 Å². The third kappa shape index (κ3) is 4.92. The van der Waals surface area contributed by atoms with Crippen LogP contribution in [-0.4, -0.2) is 77.7 Å². The lowest BCUT2D eigenvalue weighted by Gasteiger charge is -2.37. The summed E-state index contributed by atoms with van der Waals surface area (Å²) in [5.41, 5.74) is 0. The Bertz CT molecular complexity index is 377. The van der Waals surface area contributed by atoms with E-state index in [2.05, 4.69) is 4.74 Å². The van der Waals surface area contributed by atoms with Crippen molar-refractivity contribution in [3.8, 4) is 0 Å². The largest absolute Gasteiger partial charge is 0.481 e. The van der Waals surface area contributed by atoms with Gasteiger partial charge in [0.1, 0.15) is 0 Å². The normalized spacial score (nSPS) is 18.5. The lowest BCUT2D eigenvalue weighted by molar-refractivity contribution is -0.140. The highest BCUT2D eigenvalue weighted by molar-refractivity contribution is 7.99. The minimum Gasteiger partial charge on any atom is -0.481 e. The number of carboxylic acids is 1. The van der Waals surface area contributed by atoms with Gasteiger partial charge in [0.05, 0.1) is 26.0 Å². The number of ether oxygens (including phenoxy) is 1. The molecule has 0 spiro atoms. The van der Waals surface area contributed by atoms with Crippen LogP contribution in [0.15, 0.2) is 0 Å². The van der Waals surface area contributed by atoms with E-state index in [1.807, 2.05) is 0 Å². The first-order valence-corrected chi connectivity index (χ1v) is 7.49. The van der Waals surface area contributed by atoms with Gasteiger partial charge in [0, 0.05) is 31.6 Å². The van der Waals surface area contributed by atoms with Crippen molar-refractivity contribution in [3.63, 3.8) is 0 Å². The summed E-state index contributed by atoms with van der Waals surface area (Å²) in [4.78, 5) is 37.2. The fourth-order valence-corrected chi connectivity index (χ4v) is 3.02. The Kier molecular flexibility index (Phi) is 6.63. The van der Waals surface area contributed by atoms with Gasteiger partial charge in [0.15, 0.2) is 0 Å². The Hall–Kier alpha value is -1.44. The van der Waals surface area contributed by atoms with Crippen LogP contribution in [0.5, 0.6) is 0 Å². The van der Waals surface area contributed by atoms with E-state index in [1.54, 1.807) is 23.7 Å². The molecule has 1 aliphatic rings. The second-order valence-corrected chi connectivity index (χ2v) is 5.70. The summed E-state index contributed by atoms with van der Waals surface area (Å²) in [5, 5.41) is 8.89. The molecule has 7 nitrogen and oxygen atoms in total. The average Bonchev–Trinajstić information content (AvgIpc) is 2.43. The zero-order chi connectivity index (χ0) is 15.1. The highest BCUT2D eigenvalue weighted by atomic mass is 32.2. The van der Waals surface area contributed by atoms with Crippen molar-refractivity contribution in [1.29, 1.82) is 0 Å². The molecule has 0 aromatic carbocycles. The summed E-state index contributed by atoms with van der Waals surface area (Å²) < 4.78 is 4.53. The zero-order valence-corrected chi connectivity index (χ0v) is 12.5. The molecule has 1 atom stereocenters. The van der Waals surface area contributed by atoms with Crippen molar-refractivity contribution in [2.24, 2.45) is 0 Å². The molecule has 0 bridgehead atoms. The number of methoxy groups -OCH3 is 1. The molecule has 1 aliphatic heterocycles. The van der Waals surface area contributed by atoms with E-state index in [4.69, 9.17) is 5.11 Å². The van der Waals surface area contributed by atoms with Crippen LogP contribution in [0.25, 0.3) is 0 Å². The van der Waals surface area contributed by atoms with E-state index in [0.29, 0.717) is 12.3 Å². The number of hydrogen-bond donors (Lipinski definition) is 1. The van der Waals surface area contributed by atoms with Crippen LogP contribution in [0.2, 0.25) is 0 Å². The summed E-state index contributed by atoms with van der Waals surface area (Å²) in [6, 6.07) is -0.528. The van der Waals surface area contributed by atoms with Crippen LogP contribution in [-0.2, 0) is 14.3 Å². The molecule has 0 aliphatic carbocycles. The smallest absolute Gasteiger partial charge is 0.320 e. The van der Waals surface area contributed by atoms with Gasteiger partial charge in [-0.15, -0.1) is 0 Å². The maximum atomic E-state index is 12.3. The van der Waals surface area contributed by atoms with E-state index in [9.17, 15) is 14.4 Å². The van der Waals surface area contributed by atoms with Crippen molar-refractivity contribution in [2.45, 2.75) is 18.9 Å². The first kappa shape index (κ1) is 16.6. The summed E-state index contributed by atoms with van der Waals surface area (Å²) in [6.07, 6.45) is 0.0779. The predicted molar refractivity (Wildman–Crippen MR) is 74.7 cm³/mol. The molecular weight excluding hydrogens is 284 g/mol. The molecule has 1 unspecified atom stereocenters. The molecule has 1 fully saturated rings. The summed E-state index contributed by atoms with van der Waals surface area (Å²) >= 11 is 1.65. The van der Waals surface area contributed by atoms with Gasteiger partial charge in [-0.05, 0) is 0 Å². The van der Waals surface area contributed by atoms with Crippen molar-refractivity contribution in [3.05, 3.63) is 0 Å². The lowest BCUT2D eigenvalue weighted by atomic mass is 10.2. The van der Waals surface area contributed by atoms with Crippen LogP contribution in [0, 0.1) is 0 Å². The molecule has 0 saturated carbocycles. The van der Waals surface area contributed by atoms with E-state index < -0.39 is 5.97 Å². The van der Waals surface area contributed by atoms with E-state index >= 15 is 0 Å². The number of rotatable bonds is 5. The van der Waals surface area contributed by atoms with Crippen LogP contribution in [0.1, 0.15) is 12.8 Å². The maximum Gasteiger partial charge on any atom is 0.320 e. The number of thioether (sulfide) groups is 1. The molecular formula is C12H20N2O5S. The van der Waals surface area contributed by atoms with Crippen LogP contribution in [0.4, 0.5) is 4.79 Å². The third-order valence-electron chi connectivity index (χ3n) is 3.09. The first-order chi connectivity index (χ1) is 9.45. The van der Waals surface area contributed by atoms with Crippen molar-refractivity contribution in [2.75, 3.05) is 38.8 Å². The number of aliphatic carboxylic acids is 1. The molecule has 0 aromatic heterocycles. The van der Waals surface area contributed by atoms with E-state index in [0.717, 1.165) is 5.75 Å². The number of urea groups is 1. The Labute approximate surface area is 122 Å². The fourth-order valence-electron chi connectivity index (χ4n) is 1.95. The number of esters is 1. The first-order valence-electron chi connectivity index (χ1n) is 6.33. The molecule has 8 heteroatoms. The fraction of sp³-hybridized carbons (Fsp3) is 0.750. The molecule has 1 heterocycles. The van der Waals surface area contributed by atoms with Gasteiger partial charge in [-0.25, -0.2) is 4.79 Å². The Morgan fingerprint density at radius 2 is 2.15 bits per heavy atom. The van der Waals surface area contributed by atoms with Gasteiger partial charge in [-0.1, -0.05) is 0 Å². The maximum absolute atomic E-state index is 12.3. The second kappa shape index (κ2) is 7.98. The summed E-state index contributed by atoms with van der Waals surface area (Å²) in [6.45, 7) is 0.791. The van der Waals surface area contributed by atoms with E-state index in [-0.39, 0.29) is 37.4 Å². The summed E-state index contributed by atoms with van der Waals surface area (Å²) in [5.74, 6) is 0.142. The molecule has 20 heavy (non-hydrogen) atoms. The Morgan fingerprint density at radius 3 is 2.75 bits per heavy atom. The SMILES string of the molecule is COC(=O)CCN(C)C(=O)N1CCSCC1CC(=O)O. The number of carbonyl (C=O) groups is 3. The highest BCUT2D eigenvalue weighted by Crippen LogP contribution is 2.20. The van der Waals surface area contributed by atoms with Gasteiger partial charge in [0.25, 0.3) is 0 Å². The second-order valence-electron chi connectivity index (χ2n) is 4.55. The molecule has 1 N–H and O–H groups in total. The Balaban J connectivity index is 2.57. The van der Waals surface area contributed by atoms with E-state index in [1.165, 1.54) is 12.0 Å². The zero-order valence-electron chi connectivity index (χ0n) is 11.7. The molecule has 0 radical (unpaired) electrons. The molecule has 114 valence electrons. The third-order valence-corrected chi connectivity index (χ3v) is 4.18. The standard InChI is InChI=1S/C12H20N2O5S/c1-13(4-3-11(17)19-2)12(18)14-5-6-20-8-9(14)7-10(15)16/h9H,3-8H2,1-2H3,(H,15,16). The quantitative estimate of drug-likeness (QED) is 0.744. The highest BCUT2D eigenvalue weighted by Gasteiger charge is 2.30. The minimum atomic E-state index is -0.910. The number of carboxylic acid groups (broad SMARTS) is 1. The molecule has 2 amide bonds. The van der Waals surface area contributed by atoms with Crippen LogP contribution < -0.4 is 0 Å². The minimum absolute atomic E-state index is 0.0520. The molecule has 1 rings (SSSR count). The monoisotopic (exact) mass is 304 g/mol. The predicted octanol–water partition coefficient (Wildman–Crippen LogP) is 0.493. The Morgan fingerprint density at radius 1 is 1.45 bits per heavy atom. The number of nitrogens with zero attached hydrogens (tertiary/aromatic N) is 2. The van der Waals surface area contributed by atoms with Crippen molar-refractivity contribution in [1.82, 2.24) is 9.80 Å².